The molecule has 1 aromatic rings. The van der Waals surface area contributed by atoms with Gasteiger partial charge in [-0.25, -0.2) is 13.2 Å². The molecule has 1 saturated heterocycles. The number of aromatic carboxylic acids is 1. The van der Waals surface area contributed by atoms with Crippen LogP contribution in [-0.2, 0) is 9.84 Å². The van der Waals surface area contributed by atoms with Crippen molar-refractivity contribution in [2.45, 2.75) is 12.5 Å². The number of hydrogen-bond donors (Lipinski definition) is 1. The summed E-state index contributed by atoms with van der Waals surface area (Å²) in [4.78, 5) is 24.5. The molecule has 1 unspecified atom stereocenters. The van der Waals surface area contributed by atoms with Crippen molar-refractivity contribution in [3.8, 4) is 0 Å². The van der Waals surface area contributed by atoms with Crippen molar-refractivity contribution in [3.05, 3.63) is 36.3 Å². The highest BCUT2D eigenvalue weighted by atomic mass is 32.2. The second-order valence-electron chi connectivity index (χ2n) is 4.77. The zero-order chi connectivity index (χ0) is 15.6. The summed E-state index contributed by atoms with van der Waals surface area (Å²) >= 11 is 0. The van der Waals surface area contributed by atoms with E-state index in [1.54, 1.807) is 0 Å². The quantitative estimate of drug-likeness (QED) is 0.806. The van der Waals surface area contributed by atoms with E-state index in [-0.39, 0.29) is 29.6 Å². The summed E-state index contributed by atoms with van der Waals surface area (Å²) in [5.74, 6) is -2.33. The SMILES string of the molecule is C=CCN(C(=O)c1ccc(C(=O)O)o1)C1CCS(=O)(=O)C1. The number of amides is 1. The third kappa shape index (κ3) is 3.33. The molecule has 1 aliphatic heterocycles. The lowest BCUT2D eigenvalue weighted by Gasteiger charge is -2.26. The lowest BCUT2D eigenvalue weighted by molar-refractivity contribution is 0.0641. The van der Waals surface area contributed by atoms with Gasteiger partial charge in [-0.3, -0.25) is 4.79 Å². The number of nitrogens with zero attached hydrogens (tertiary/aromatic N) is 1. The van der Waals surface area contributed by atoms with E-state index in [2.05, 4.69) is 6.58 Å². The predicted octanol–water partition coefficient (Wildman–Crippen LogP) is 0.793. The average molecular weight is 313 g/mol. The maximum absolute atomic E-state index is 12.4. The monoisotopic (exact) mass is 313 g/mol. The van der Waals surface area contributed by atoms with Crippen LogP contribution in [0.5, 0.6) is 0 Å². The molecule has 0 aromatic carbocycles. The highest BCUT2D eigenvalue weighted by Gasteiger charge is 2.35. The molecule has 0 radical (unpaired) electrons. The summed E-state index contributed by atoms with van der Waals surface area (Å²) in [6.07, 6.45) is 1.85. The van der Waals surface area contributed by atoms with E-state index in [0.29, 0.717) is 6.42 Å². The molecule has 1 aliphatic rings. The van der Waals surface area contributed by atoms with Gasteiger partial charge < -0.3 is 14.4 Å². The van der Waals surface area contributed by atoms with Crippen LogP contribution >= 0.6 is 0 Å². The Kier molecular flexibility index (Phi) is 4.17. The molecule has 2 rings (SSSR count). The van der Waals surface area contributed by atoms with Crippen molar-refractivity contribution in [1.82, 2.24) is 4.90 Å². The van der Waals surface area contributed by atoms with Crippen LogP contribution in [0.1, 0.15) is 27.5 Å². The number of carbonyl (C=O) groups excluding carboxylic acids is 1. The van der Waals surface area contributed by atoms with Crippen molar-refractivity contribution in [2.75, 3.05) is 18.1 Å². The van der Waals surface area contributed by atoms with Gasteiger partial charge in [-0.15, -0.1) is 6.58 Å². The fourth-order valence-electron chi connectivity index (χ4n) is 2.27. The Morgan fingerprint density at radius 2 is 2.10 bits per heavy atom. The molecule has 7 nitrogen and oxygen atoms in total. The summed E-state index contributed by atoms with van der Waals surface area (Å²) < 4.78 is 28.0. The molecule has 0 aliphatic carbocycles. The Bertz CT molecular complexity index is 675. The Balaban J connectivity index is 2.23. The lowest BCUT2D eigenvalue weighted by Crippen LogP contribution is -2.41. The van der Waals surface area contributed by atoms with Crippen LogP contribution in [0.15, 0.2) is 29.2 Å². The Labute approximate surface area is 121 Å². The largest absolute Gasteiger partial charge is 0.475 e. The van der Waals surface area contributed by atoms with Gasteiger partial charge in [0.15, 0.2) is 15.6 Å². The van der Waals surface area contributed by atoms with Gasteiger partial charge in [0.05, 0.1) is 11.5 Å². The summed E-state index contributed by atoms with van der Waals surface area (Å²) in [6.45, 7) is 3.72. The average Bonchev–Trinajstić information content (AvgIpc) is 3.01. The summed E-state index contributed by atoms with van der Waals surface area (Å²) in [5.41, 5.74) is 0. The predicted molar refractivity (Wildman–Crippen MR) is 74.0 cm³/mol. The number of carboxylic acids is 1. The molecule has 21 heavy (non-hydrogen) atoms. The molecule has 1 aromatic heterocycles. The third-order valence-corrected chi connectivity index (χ3v) is 5.01. The Hall–Kier alpha value is -2.09. The van der Waals surface area contributed by atoms with E-state index in [1.807, 2.05) is 0 Å². The van der Waals surface area contributed by atoms with Crippen LogP contribution in [-0.4, -0.2) is 54.4 Å². The number of hydrogen-bond acceptors (Lipinski definition) is 5. The van der Waals surface area contributed by atoms with E-state index >= 15 is 0 Å². The first-order chi connectivity index (χ1) is 9.84. The Morgan fingerprint density at radius 1 is 1.43 bits per heavy atom. The van der Waals surface area contributed by atoms with Crippen LogP contribution in [0.25, 0.3) is 0 Å². The normalized spacial score (nSPS) is 20.1. The minimum atomic E-state index is -3.14. The first-order valence-electron chi connectivity index (χ1n) is 6.29. The molecule has 1 N–H and O–H groups in total. The van der Waals surface area contributed by atoms with Crippen molar-refractivity contribution in [1.29, 1.82) is 0 Å². The van der Waals surface area contributed by atoms with Crippen molar-refractivity contribution >= 4 is 21.7 Å². The molecule has 0 bridgehead atoms. The van der Waals surface area contributed by atoms with Gasteiger partial charge in [-0.1, -0.05) is 6.08 Å². The van der Waals surface area contributed by atoms with Crippen molar-refractivity contribution < 1.29 is 27.5 Å². The second-order valence-corrected chi connectivity index (χ2v) is 7.00. The molecule has 1 fully saturated rings. The second kappa shape index (κ2) is 5.72. The summed E-state index contributed by atoms with van der Waals surface area (Å²) in [5, 5.41) is 8.79. The topological polar surface area (TPSA) is 105 Å². The maximum Gasteiger partial charge on any atom is 0.371 e. The van der Waals surface area contributed by atoms with Crippen molar-refractivity contribution in [3.63, 3.8) is 0 Å². The highest BCUT2D eigenvalue weighted by Crippen LogP contribution is 2.21. The molecule has 1 amide bonds. The summed E-state index contributed by atoms with van der Waals surface area (Å²) in [6, 6.07) is 2.01. The minimum absolute atomic E-state index is 0.0388. The number of carboxylic acid groups (broad SMARTS) is 1. The van der Waals surface area contributed by atoms with E-state index in [0.717, 1.165) is 0 Å². The first-order valence-corrected chi connectivity index (χ1v) is 8.11. The van der Waals surface area contributed by atoms with Crippen LogP contribution in [0, 0.1) is 0 Å². The van der Waals surface area contributed by atoms with E-state index in [1.165, 1.54) is 23.1 Å². The third-order valence-electron chi connectivity index (χ3n) is 3.26. The van der Waals surface area contributed by atoms with Gasteiger partial charge in [0.25, 0.3) is 5.91 Å². The van der Waals surface area contributed by atoms with Gasteiger partial charge in [0.1, 0.15) is 0 Å². The number of rotatable bonds is 5. The molecule has 8 heteroatoms. The van der Waals surface area contributed by atoms with Crippen molar-refractivity contribution in [2.24, 2.45) is 0 Å². The van der Waals surface area contributed by atoms with Gasteiger partial charge in [0.2, 0.25) is 5.76 Å². The van der Waals surface area contributed by atoms with Crippen LogP contribution < -0.4 is 0 Å². The lowest BCUT2D eigenvalue weighted by atomic mass is 10.2. The smallest absolute Gasteiger partial charge is 0.371 e. The van der Waals surface area contributed by atoms with Gasteiger partial charge in [-0.05, 0) is 18.6 Å². The minimum Gasteiger partial charge on any atom is -0.475 e. The van der Waals surface area contributed by atoms with Crippen LogP contribution in [0.2, 0.25) is 0 Å². The molecular formula is C13H15NO6S. The molecule has 114 valence electrons. The zero-order valence-electron chi connectivity index (χ0n) is 11.2. The number of furan rings is 1. The van der Waals surface area contributed by atoms with E-state index in [9.17, 15) is 18.0 Å². The van der Waals surface area contributed by atoms with Gasteiger partial charge in [0, 0.05) is 12.6 Å². The molecule has 0 saturated carbocycles. The first kappa shape index (κ1) is 15.3. The van der Waals surface area contributed by atoms with Crippen LogP contribution in [0.4, 0.5) is 0 Å². The van der Waals surface area contributed by atoms with Gasteiger partial charge in [-0.2, -0.15) is 0 Å². The molecular weight excluding hydrogens is 298 g/mol. The molecule has 1 atom stereocenters. The molecule has 2 heterocycles. The number of carbonyl (C=O) groups is 2. The Morgan fingerprint density at radius 3 is 2.57 bits per heavy atom. The fraction of sp³-hybridized carbons (Fsp3) is 0.385. The van der Waals surface area contributed by atoms with E-state index < -0.39 is 27.8 Å². The van der Waals surface area contributed by atoms with Gasteiger partial charge >= 0.3 is 5.97 Å². The fourth-order valence-corrected chi connectivity index (χ4v) is 4.00. The maximum atomic E-state index is 12.4. The highest BCUT2D eigenvalue weighted by molar-refractivity contribution is 7.91. The van der Waals surface area contributed by atoms with Crippen LogP contribution in [0.3, 0.4) is 0 Å². The van der Waals surface area contributed by atoms with E-state index in [4.69, 9.17) is 9.52 Å². The zero-order valence-corrected chi connectivity index (χ0v) is 12.0. The number of sulfone groups is 1. The molecule has 0 spiro atoms. The summed E-state index contributed by atoms with van der Waals surface area (Å²) in [7, 11) is -3.14. The standard InChI is InChI=1S/C13H15NO6S/c1-2-6-14(9-5-7-21(18,19)8-9)12(15)10-3-4-11(20-10)13(16)17/h2-4,9H,1,5-8H2,(H,16,17).